The molecule has 0 heterocycles. The van der Waals surface area contributed by atoms with Crippen LogP contribution in [0.15, 0.2) is 24.3 Å². The van der Waals surface area contributed by atoms with Gasteiger partial charge in [0.2, 0.25) is 0 Å². The number of hydrogen-bond acceptors (Lipinski definition) is 3. The first kappa shape index (κ1) is 12.4. The van der Waals surface area contributed by atoms with E-state index < -0.39 is 22.0 Å². The van der Waals surface area contributed by atoms with Crippen LogP contribution >= 0.6 is 11.6 Å². The summed E-state index contributed by atoms with van der Waals surface area (Å²) in [4.78, 5) is 0. The molecular weight excluding hydrogens is 240 g/mol. The van der Waals surface area contributed by atoms with E-state index in [0.717, 1.165) is 5.56 Å². The Hall–Kier alpha value is -0.620. The standard InChI is InChI=1S/C9H11ClO4S/c10-8-3-1-7(2-4-8)5-9(11)6-15(12,13)14/h1-4,9,11H,5-6H2,(H,12,13,14). The van der Waals surface area contributed by atoms with Gasteiger partial charge in [-0.25, -0.2) is 0 Å². The number of benzene rings is 1. The average molecular weight is 251 g/mol. The van der Waals surface area contributed by atoms with E-state index in [-0.39, 0.29) is 6.42 Å². The van der Waals surface area contributed by atoms with Crippen molar-refractivity contribution in [2.24, 2.45) is 0 Å². The van der Waals surface area contributed by atoms with Gasteiger partial charge in [-0.3, -0.25) is 4.55 Å². The van der Waals surface area contributed by atoms with E-state index in [4.69, 9.17) is 16.2 Å². The summed E-state index contributed by atoms with van der Waals surface area (Å²) in [6.45, 7) is 0. The maximum atomic E-state index is 10.5. The van der Waals surface area contributed by atoms with E-state index >= 15 is 0 Å². The summed E-state index contributed by atoms with van der Waals surface area (Å²) in [5.41, 5.74) is 0.760. The molecule has 0 spiro atoms. The quantitative estimate of drug-likeness (QED) is 0.786. The Balaban J connectivity index is 2.59. The highest BCUT2D eigenvalue weighted by Crippen LogP contribution is 2.11. The predicted molar refractivity (Wildman–Crippen MR) is 57.6 cm³/mol. The van der Waals surface area contributed by atoms with Gasteiger partial charge in [0.1, 0.15) is 5.75 Å². The van der Waals surface area contributed by atoms with Crippen molar-refractivity contribution in [1.29, 1.82) is 0 Å². The normalized spacial score (nSPS) is 13.8. The third-order valence-electron chi connectivity index (χ3n) is 1.79. The minimum atomic E-state index is -4.13. The SMILES string of the molecule is O=S(=O)(O)CC(O)Cc1ccc(Cl)cc1. The van der Waals surface area contributed by atoms with Gasteiger partial charge in [-0.05, 0) is 24.1 Å². The second-order valence-corrected chi connectivity index (χ2v) is 5.17. The molecule has 84 valence electrons. The number of rotatable bonds is 4. The van der Waals surface area contributed by atoms with Crippen LogP contribution in [0.25, 0.3) is 0 Å². The number of halogens is 1. The third kappa shape index (κ3) is 5.13. The number of hydrogen-bond donors (Lipinski definition) is 2. The first-order valence-corrected chi connectivity index (χ1v) is 6.23. The fourth-order valence-corrected chi connectivity index (χ4v) is 1.92. The highest BCUT2D eigenvalue weighted by atomic mass is 35.5. The first-order valence-electron chi connectivity index (χ1n) is 4.24. The molecule has 1 aromatic rings. The van der Waals surface area contributed by atoms with Gasteiger partial charge < -0.3 is 5.11 Å². The molecule has 2 N–H and O–H groups in total. The molecule has 1 atom stereocenters. The molecule has 0 fully saturated rings. The van der Waals surface area contributed by atoms with Crippen molar-refractivity contribution in [1.82, 2.24) is 0 Å². The lowest BCUT2D eigenvalue weighted by Gasteiger charge is -2.08. The molecule has 0 aliphatic rings. The van der Waals surface area contributed by atoms with Gasteiger partial charge in [-0.15, -0.1) is 0 Å². The maximum Gasteiger partial charge on any atom is 0.267 e. The van der Waals surface area contributed by atoms with Crippen LogP contribution in [0.3, 0.4) is 0 Å². The fraction of sp³-hybridized carbons (Fsp3) is 0.333. The summed E-state index contributed by atoms with van der Waals surface area (Å²) in [6, 6.07) is 6.68. The summed E-state index contributed by atoms with van der Waals surface area (Å²) < 4.78 is 29.4. The van der Waals surface area contributed by atoms with E-state index in [1.54, 1.807) is 24.3 Å². The molecule has 0 aliphatic heterocycles. The summed E-state index contributed by atoms with van der Waals surface area (Å²) >= 11 is 5.66. The average Bonchev–Trinajstić information content (AvgIpc) is 2.05. The molecule has 15 heavy (non-hydrogen) atoms. The van der Waals surface area contributed by atoms with Crippen molar-refractivity contribution in [2.45, 2.75) is 12.5 Å². The second-order valence-electron chi connectivity index (χ2n) is 3.23. The van der Waals surface area contributed by atoms with Crippen LogP contribution < -0.4 is 0 Å². The maximum absolute atomic E-state index is 10.5. The van der Waals surface area contributed by atoms with Crippen LogP contribution in [0.4, 0.5) is 0 Å². The van der Waals surface area contributed by atoms with Crippen molar-refractivity contribution in [3.8, 4) is 0 Å². The van der Waals surface area contributed by atoms with Crippen LogP contribution in [0.1, 0.15) is 5.56 Å². The molecule has 0 amide bonds. The van der Waals surface area contributed by atoms with E-state index in [0.29, 0.717) is 5.02 Å². The van der Waals surface area contributed by atoms with Gasteiger partial charge >= 0.3 is 0 Å². The minimum Gasteiger partial charge on any atom is -0.392 e. The van der Waals surface area contributed by atoms with E-state index in [2.05, 4.69) is 0 Å². The van der Waals surface area contributed by atoms with Crippen molar-refractivity contribution in [2.75, 3.05) is 5.75 Å². The summed E-state index contributed by atoms with van der Waals surface area (Å²) in [5.74, 6) is -0.657. The molecule has 1 unspecified atom stereocenters. The Morgan fingerprint density at radius 2 is 1.80 bits per heavy atom. The number of aliphatic hydroxyl groups is 1. The molecule has 6 heteroatoms. The highest BCUT2D eigenvalue weighted by molar-refractivity contribution is 7.85. The van der Waals surface area contributed by atoms with Gasteiger partial charge in [-0.1, -0.05) is 23.7 Å². The van der Waals surface area contributed by atoms with Crippen LogP contribution in [0, 0.1) is 0 Å². The minimum absolute atomic E-state index is 0.164. The Labute approximate surface area is 93.3 Å². The Morgan fingerprint density at radius 1 is 1.27 bits per heavy atom. The van der Waals surface area contributed by atoms with Gasteiger partial charge in [0.05, 0.1) is 6.10 Å². The molecule has 0 saturated heterocycles. The van der Waals surface area contributed by atoms with Crippen molar-refractivity contribution < 1.29 is 18.1 Å². The van der Waals surface area contributed by atoms with Crippen molar-refractivity contribution in [3.63, 3.8) is 0 Å². The zero-order valence-electron chi connectivity index (χ0n) is 7.80. The summed E-state index contributed by atoms with van der Waals surface area (Å²) in [7, 11) is -4.13. The molecule has 1 aromatic carbocycles. The van der Waals surface area contributed by atoms with Gasteiger partial charge in [0.15, 0.2) is 0 Å². The smallest absolute Gasteiger partial charge is 0.267 e. The van der Waals surface area contributed by atoms with Gasteiger partial charge in [0.25, 0.3) is 10.1 Å². The lowest BCUT2D eigenvalue weighted by Crippen LogP contribution is -2.22. The van der Waals surface area contributed by atoms with E-state index in [1.807, 2.05) is 0 Å². The zero-order valence-corrected chi connectivity index (χ0v) is 9.37. The summed E-state index contributed by atoms with van der Waals surface area (Å²) in [5, 5.41) is 9.91. The molecule has 4 nitrogen and oxygen atoms in total. The topological polar surface area (TPSA) is 74.6 Å². The molecule has 0 radical (unpaired) electrons. The van der Waals surface area contributed by atoms with Crippen molar-refractivity contribution in [3.05, 3.63) is 34.9 Å². The number of aliphatic hydroxyl groups excluding tert-OH is 1. The first-order chi connectivity index (χ1) is 6.87. The lowest BCUT2D eigenvalue weighted by atomic mass is 10.1. The third-order valence-corrected chi connectivity index (χ3v) is 2.85. The highest BCUT2D eigenvalue weighted by Gasteiger charge is 2.14. The molecule has 1 rings (SSSR count). The van der Waals surface area contributed by atoms with E-state index in [1.165, 1.54) is 0 Å². The Kier molecular flexibility index (Phi) is 4.10. The Morgan fingerprint density at radius 3 is 2.27 bits per heavy atom. The molecule has 0 aliphatic carbocycles. The van der Waals surface area contributed by atoms with Crippen molar-refractivity contribution >= 4 is 21.7 Å². The zero-order chi connectivity index (χ0) is 11.5. The fourth-order valence-electron chi connectivity index (χ4n) is 1.19. The molecule has 0 bridgehead atoms. The largest absolute Gasteiger partial charge is 0.392 e. The monoisotopic (exact) mass is 250 g/mol. The molecule has 0 saturated carbocycles. The lowest BCUT2D eigenvalue weighted by molar-refractivity contribution is 0.195. The Bertz CT molecular complexity index is 412. The van der Waals surface area contributed by atoms with Crippen LogP contribution in [0.2, 0.25) is 5.02 Å². The van der Waals surface area contributed by atoms with Gasteiger partial charge in [-0.2, -0.15) is 8.42 Å². The van der Waals surface area contributed by atoms with Gasteiger partial charge in [0, 0.05) is 5.02 Å². The second kappa shape index (κ2) is 4.94. The van der Waals surface area contributed by atoms with E-state index in [9.17, 15) is 13.5 Å². The predicted octanol–water partition coefficient (Wildman–Crippen LogP) is 1.13. The van der Waals surface area contributed by atoms with Crippen LogP contribution in [0.5, 0.6) is 0 Å². The molecular formula is C9H11ClO4S. The van der Waals surface area contributed by atoms with Crippen LogP contribution in [-0.2, 0) is 16.5 Å². The molecule has 0 aromatic heterocycles. The van der Waals surface area contributed by atoms with Crippen LogP contribution in [-0.4, -0.2) is 29.9 Å². The summed E-state index contributed by atoms with van der Waals surface area (Å²) in [6.07, 6.45) is -0.946.